The maximum Gasteiger partial charge on any atom is 0.113 e. The average molecular weight is 190 g/mol. The minimum atomic E-state index is -1.08. The Hall–Kier alpha value is -1.91. The lowest BCUT2D eigenvalue weighted by atomic mass is 10.3. The average Bonchev–Trinajstić information content (AvgIpc) is 2.58. The lowest BCUT2D eigenvalue weighted by Crippen LogP contribution is -2.23. The van der Waals surface area contributed by atoms with Crippen LogP contribution in [0.3, 0.4) is 0 Å². The van der Waals surface area contributed by atoms with E-state index in [-0.39, 0.29) is 6.42 Å². The van der Waals surface area contributed by atoms with Crippen LogP contribution in [0.15, 0.2) is 24.3 Å². The van der Waals surface area contributed by atoms with Crippen LogP contribution in [0, 0.1) is 0 Å². The molecule has 0 fully saturated rings. The molecule has 1 aromatic heterocycles. The van der Waals surface area contributed by atoms with Crippen LogP contribution in [-0.4, -0.2) is 21.0 Å². The predicted molar refractivity (Wildman–Crippen MR) is 47.2 cm³/mol. The highest BCUT2D eigenvalue weighted by Gasteiger charge is 2.01. The molecule has 0 atom stereocenters. The van der Waals surface area contributed by atoms with Gasteiger partial charge in [0.15, 0.2) is 0 Å². The number of carbonyl (C=O) groups excluding carboxylic acids is 1. The first kappa shape index (κ1) is 8.68. The van der Waals surface area contributed by atoms with E-state index in [1.165, 1.54) is 0 Å². The molecule has 0 aliphatic rings. The number of para-hydroxylation sites is 1. The Morgan fingerprint density at radius 3 is 3.00 bits per heavy atom. The molecule has 1 aromatic carbocycles. The predicted octanol–water partition coefficient (Wildman–Crippen LogP) is -0.429. The monoisotopic (exact) mass is 190 g/mol. The Labute approximate surface area is 80.0 Å². The van der Waals surface area contributed by atoms with Crippen LogP contribution in [0.5, 0.6) is 0 Å². The molecule has 0 radical (unpaired) electrons. The molecule has 0 bridgehead atoms. The number of carboxylic acids is 1. The zero-order valence-corrected chi connectivity index (χ0v) is 7.38. The molecule has 0 unspecified atom stereocenters. The largest absolute Gasteiger partial charge is 0.550 e. The standard InChI is InChI=1S/C9H9N3O2/c13-9(14)5-6-12-8-4-2-1-3-7(8)10-11-12/h1-4H,5-6H2,(H,13,14)/p-1. The van der Waals surface area contributed by atoms with E-state index >= 15 is 0 Å². The summed E-state index contributed by atoms with van der Waals surface area (Å²) >= 11 is 0. The summed E-state index contributed by atoms with van der Waals surface area (Å²) in [5, 5.41) is 18.0. The molecular weight excluding hydrogens is 182 g/mol. The lowest BCUT2D eigenvalue weighted by molar-refractivity contribution is -0.305. The maximum atomic E-state index is 10.3. The molecule has 0 saturated carbocycles. The van der Waals surface area contributed by atoms with E-state index < -0.39 is 5.97 Å². The maximum absolute atomic E-state index is 10.3. The second kappa shape index (κ2) is 3.45. The van der Waals surface area contributed by atoms with Crippen molar-refractivity contribution >= 4 is 17.0 Å². The fourth-order valence-corrected chi connectivity index (χ4v) is 1.28. The van der Waals surface area contributed by atoms with Gasteiger partial charge in [0.05, 0.1) is 5.52 Å². The fraction of sp³-hybridized carbons (Fsp3) is 0.222. The van der Waals surface area contributed by atoms with E-state index in [4.69, 9.17) is 0 Å². The molecule has 5 nitrogen and oxygen atoms in total. The van der Waals surface area contributed by atoms with Crippen LogP contribution in [0.2, 0.25) is 0 Å². The Bertz CT molecular complexity index is 464. The van der Waals surface area contributed by atoms with Gasteiger partial charge in [-0.1, -0.05) is 17.3 Å². The Kier molecular flexibility index (Phi) is 2.14. The van der Waals surface area contributed by atoms with Gasteiger partial charge in [0.25, 0.3) is 0 Å². The minimum absolute atomic E-state index is 0.0483. The van der Waals surface area contributed by atoms with Gasteiger partial charge in [0.2, 0.25) is 0 Å². The van der Waals surface area contributed by atoms with Gasteiger partial charge >= 0.3 is 0 Å². The van der Waals surface area contributed by atoms with Gasteiger partial charge in [0.1, 0.15) is 5.52 Å². The Morgan fingerprint density at radius 1 is 1.43 bits per heavy atom. The van der Waals surface area contributed by atoms with Gasteiger partial charge in [-0.15, -0.1) is 5.10 Å². The van der Waals surface area contributed by atoms with Crippen molar-refractivity contribution in [2.75, 3.05) is 0 Å². The quantitative estimate of drug-likeness (QED) is 0.658. The van der Waals surface area contributed by atoms with Crippen molar-refractivity contribution in [2.45, 2.75) is 13.0 Å². The van der Waals surface area contributed by atoms with Gasteiger partial charge in [-0.05, 0) is 12.1 Å². The number of carbonyl (C=O) groups is 1. The summed E-state index contributed by atoms with van der Waals surface area (Å²) in [7, 11) is 0. The number of aromatic nitrogens is 3. The first-order valence-corrected chi connectivity index (χ1v) is 4.25. The van der Waals surface area contributed by atoms with Crippen molar-refractivity contribution < 1.29 is 9.90 Å². The molecule has 2 rings (SSSR count). The number of carboxylic acid groups (broad SMARTS) is 1. The first-order valence-electron chi connectivity index (χ1n) is 4.25. The van der Waals surface area contributed by atoms with Crippen molar-refractivity contribution in [1.29, 1.82) is 0 Å². The summed E-state index contributed by atoms with van der Waals surface area (Å²) < 4.78 is 1.56. The van der Waals surface area contributed by atoms with Crippen molar-refractivity contribution in [1.82, 2.24) is 15.0 Å². The van der Waals surface area contributed by atoms with Gasteiger partial charge in [-0.2, -0.15) is 0 Å². The molecule has 5 heteroatoms. The van der Waals surface area contributed by atoms with Gasteiger partial charge in [-0.25, -0.2) is 4.68 Å². The van der Waals surface area contributed by atoms with Gasteiger partial charge < -0.3 is 9.90 Å². The van der Waals surface area contributed by atoms with E-state index in [2.05, 4.69) is 10.3 Å². The fourth-order valence-electron chi connectivity index (χ4n) is 1.28. The summed E-state index contributed by atoms with van der Waals surface area (Å²) in [6.45, 7) is 0.294. The van der Waals surface area contributed by atoms with Crippen LogP contribution in [-0.2, 0) is 11.3 Å². The topological polar surface area (TPSA) is 70.8 Å². The van der Waals surface area contributed by atoms with E-state index in [1.54, 1.807) is 4.68 Å². The molecule has 0 saturated heterocycles. The van der Waals surface area contributed by atoms with Crippen LogP contribution >= 0.6 is 0 Å². The number of hydrogen-bond donors (Lipinski definition) is 0. The second-order valence-electron chi connectivity index (χ2n) is 2.92. The first-order chi connectivity index (χ1) is 6.77. The molecule has 0 spiro atoms. The minimum Gasteiger partial charge on any atom is -0.550 e. The highest BCUT2D eigenvalue weighted by atomic mass is 16.4. The number of aliphatic carboxylic acids is 1. The molecular formula is C9H8N3O2-. The third-order valence-electron chi connectivity index (χ3n) is 1.95. The third-order valence-corrected chi connectivity index (χ3v) is 1.95. The highest BCUT2D eigenvalue weighted by molar-refractivity contribution is 5.74. The van der Waals surface area contributed by atoms with Crippen molar-refractivity contribution in [3.63, 3.8) is 0 Å². The van der Waals surface area contributed by atoms with E-state index in [9.17, 15) is 9.90 Å². The summed E-state index contributed by atoms with van der Waals surface area (Å²) in [5.41, 5.74) is 1.61. The molecule has 2 aromatic rings. The lowest BCUT2D eigenvalue weighted by Gasteiger charge is -2.02. The van der Waals surface area contributed by atoms with Gasteiger partial charge in [-0.3, -0.25) is 0 Å². The number of benzene rings is 1. The molecule has 0 aliphatic heterocycles. The highest BCUT2D eigenvalue weighted by Crippen LogP contribution is 2.09. The molecule has 14 heavy (non-hydrogen) atoms. The van der Waals surface area contributed by atoms with Crippen LogP contribution < -0.4 is 5.11 Å². The number of fused-ring (bicyclic) bond motifs is 1. The molecule has 0 N–H and O–H groups in total. The van der Waals surface area contributed by atoms with E-state index in [0.29, 0.717) is 6.54 Å². The Morgan fingerprint density at radius 2 is 2.21 bits per heavy atom. The Balaban J connectivity index is 2.29. The van der Waals surface area contributed by atoms with Gasteiger partial charge in [0, 0.05) is 18.9 Å². The number of hydrogen-bond acceptors (Lipinski definition) is 4. The van der Waals surface area contributed by atoms with Crippen LogP contribution in [0.1, 0.15) is 6.42 Å². The second-order valence-corrected chi connectivity index (χ2v) is 2.92. The SMILES string of the molecule is O=C([O-])CCn1nnc2ccccc21. The van der Waals surface area contributed by atoms with E-state index in [0.717, 1.165) is 11.0 Å². The smallest absolute Gasteiger partial charge is 0.113 e. The van der Waals surface area contributed by atoms with Crippen LogP contribution in [0.4, 0.5) is 0 Å². The third kappa shape index (κ3) is 1.56. The summed E-state index contributed by atoms with van der Waals surface area (Å²) in [6.07, 6.45) is -0.0483. The summed E-state index contributed by atoms with van der Waals surface area (Å²) in [4.78, 5) is 10.3. The molecule has 1 heterocycles. The number of rotatable bonds is 3. The number of aryl methyl sites for hydroxylation is 1. The molecule has 0 amide bonds. The normalized spacial score (nSPS) is 10.6. The summed E-state index contributed by atoms with van der Waals surface area (Å²) in [6, 6.07) is 7.41. The zero-order chi connectivity index (χ0) is 9.97. The van der Waals surface area contributed by atoms with Crippen molar-refractivity contribution in [3.8, 4) is 0 Å². The number of nitrogens with zero attached hydrogens (tertiary/aromatic N) is 3. The summed E-state index contributed by atoms with van der Waals surface area (Å²) in [5.74, 6) is -1.08. The van der Waals surface area contributed by atoms with Crippen LogP contribution in [0.25, 0.3) is 11.0 Å². The van der Waals surface area contributed by atoms with E-state index in [1.807, 2.05) is 24.3 Å². The molecule has 72 valence electrons. The van der Waals surface area contributed by atoms with Crippen molar-refractivity contribution in [3.05, 3.63) is 24.3 Å². The molecule has 0 aliphatic carbocycles. The zero-order valence-electron chi connectivity index (χ0n) is 7.38. The van der Waals surface area contributed by atoms with Crippen molar-refractivity contribution in [2.24, 2.45) is 0 Å².